The van der Waals surface area contributed by atoms with Crippen LogP contribution >= 0.6 is 0 Å². The van der Waals surface area contributed by atoms with Crippen LogP contribution in [0.15, 0.2) is 60.9 Å². The molecular weight excluding hydrogens is 331 g/mol. The fourth-order valence-electron chi connectivity index (χ4n) is 2.78. The molecule has 1 atom stereocenters. The third-order valence-electron chi connectivity index (χ3n) is 4.15. The van der Waals surface area contributed by atoms with Gasteiger partial charge in [0.2, 0.25) is 0 Å². The number of benzene rings is 1. The van der Waals surface area contributed by atoms with Gasteiger partial charge in [0, 0.05) is 23.9 Å². The molecule has 0 amide bonds. The maximum atomic E-state index is 12.8. The smallest absolute Gasteiger partial charge is 0.416 e. The predicted molar refractivity (Wildman–Crippen MR) is 85.9 cm³/mol. The molecule has 0 aliphatic heterocycles. The van der Waals surface area contributed by atoms with Crippen molar-refractivity contribution in [1.82, 2.24) is 4.98 Å². The Morgan fingerprint density at radius 2 is 2.00 bits per heavy atom. The van der Waals surface area contributed by atoms with E-state index < -0.39 is 17.7 Å². The maximum Gasteiger partial charge on any atom is 0.416 e. The highest BCUT2D eigenvalue weighted by Gasteiger charge is 2.37. The summed E-state index contributed by atoms with van der Waals surface area (Å²) >= 11 is 0. The van der Waals surface area contributed by atoms with Crippen LogP contribution in [0.2, 0.25) is 0 Å². The Labute approximate surface area is 143 Å². The molecule has 0 bridgehead atoms. The van der Waals surface area contributed by atoms with Crippen LogP contribution in [0.4, 0.5) is 13.2 Å². The molecule has 0 radical (unpaired) electrons. The van der Waals surface area contributed by atoms with Crippen molar-refractivity contribution in [1.29, 1.82) is 0 Å². The van der Waals surface area contributed by atoms with Gasteiger partial charge in [-0.1, -0.05) is 18.7 Å². The lowest BCUT2D eigenvalue weighted by Gasteiger charge is -2.18. The monoisotopic (exact) mass is 347 g/mol. The van der Waals surface area contributed by atoms with Gasteiger partial charge in [-0.15, -0.1) is 0 Å². The second-order valence-corrected chi connectivity index (χ2v) is 6.04. The lowest BCUT2D eigenvalue weighted by Crippen LogP contribution is -2.18. The summed E-state index contributed by atoms with van der Waals surface area (Å²) in [7, 11) is 0. The molecule has 1 heterocycles. The number of aromatic nitrogens is 1. The van der Waals surface area contributed by atoms with Crippen molar-refractivity contribution in [3.05, 3.63) is 72.1 Å². The number of carbonyl (C=O) groups excluding carboxylic acids is 1. The minimum Gasteiger partial charge on any atom is -0.423 e. The van der Waals surface area contributed by atoms with Crippen molar-refractivity contribution in [3.8, 4) is 5.75 Å². The molecule has 6 heteroatoms. The average Bonchev–Trinajstić information content (AvgIpc) is 3.40. The van der Waals surface area contributed by atoms with E-state index in [4.69, 9.17) is 4.74 Å². The standard InChI is InChI=1S/C19H16F3NO2/c1-12(17(13-7-8-13)14-4-3-9-23-11-14)18(24)25-16-6-2-5-15(10-16)19(20,21)22/h2-6,9-11,13,17H,1,7-8H2. The van der Waals surface area contributed by atoms with Gasteiger partial charge in [-0.25, -0.2) is 4.79 Å². The van der Waals surface area contributed by atoms with E-state index in [1.54, 1.807) is 18.5 Å². The first kappa shape index (κ1) is 17.2. The number of nitrogens with zero attached hydrogens (tertiary/aromatic N) is 1. The predicted octanol–water partition coefficient (Wildman–Crippen LogP) is 4.76. The third-order valence-corrected chi connectivity index (χ3v) is 4.15. The summed E-state index contributed by atoms with van der Waals surface area (Å²) in [6, 6.07) is 7.88. The van der Waals surface area contributed by atoms with Crippen LogP contribution in [-0.2, 0) is 11.0 Å². The van der Waals surface area contributed by atoms with E-state index in [2.05, 4.69) is 11.6 Å². The summed E-state index contributed by atoms with van der Waals surface area (Å²) in [5.41, 5.74) is 0.221. The SMILES string of the molecule is C=C(C(=O)Oc1cccc(C(F)(F)F)c1)C(c1cccnc1)C1CC1. The third kappa shape index (κ3) is 4.07. The van der Waals surface area contributed by atoms with Gasteiger partial charge in [0.1, 0.15) is 5.75 Å². The topological polar surface area (TPSA) is 39.2 Å². The van der Waals surface area contributed by atoms with Gasteiger partial charge in [-0.3, -0.25) is 4.98 Å². The number of halogens is 3. The Bertz CT molecular complexity index is 783. The number of hydrogen-bond donors (Lipinski definition) is 0. The molecule has 0 spiro atoms. The van der Waals surface area contributed by atoms with Crippen molar-refractivity contribution in [2.24, 2.45) is 5.92 Å². The van der Waals surface area contributed by atoms with Crippen LogP contribution in [0.5, 0.6) is 5.75 Å². The van der Waals surface area contributed by atoms with E-state index >= 15 is 0 Å². The van der Waals surface area contributed by atoms with Gasteiger partial charge >= 0.3 is 12.1 Å². The Kier molecular flexibility index (Phi) is 4.61. The second-order valence-electron chi connectivity index (χ2n) is 6.04. The Balaban J connectivity index is 1.77. The van der Waals surface area contributed by atoms with Crippen molar-refractivity contribution < 1.29 is 22.7 Å². The lowest BCUT2D eigenvalue weighted by atomic mass is 9.88. The zero-order chi connectivity index (χ0) is 18.0. The van der Waals surface area contributed by atoms with Crippen LogP contribution in [-0.4, -0.2) is 11.0 Å². The van der Waals surface area contributed by atoms with Crippen LogP contribution in [0.3, 0.4) is 0 Å². The molecule has 1 aliphatic rings. The molecule has 0 N–H and O–H groups in total. The molecule has 1 fully saturated rings. The molecule has 25 heavy (non-hydrogen) atoms. The van der Waals surface area contributed by atoms with Crippen LogP contribution < -0.4 is 4.74 Å². The normalized spacial score (nSPS) is 15.5. The molecule has 0 saturated heterocycles. The molecular formula is C19H16F3NO2. The fourth-order valence-corrected chi connectivity index (χ4v) is 2.78. The molecule has 1 aliphatic carbocycles. The minimum absolute atomic E-state index is 0.151. The molecule has 3 rings (SSSR count). The highest BCUT2D eigenvalue weighted by molar-refractivity contribution is 5.91. The van der Waals surface area contributed by atoms with Crippen LogP contribution in [0.1, 0.15) is 29.9 Å². The lowest BCUT2D eigenvalue weighted by molar-refractivity contribution is -0.138. The van der Waals surface area contributed by atoms with Gasteiger partial charge in [0.05, 0.1) is 5.56 Å². The summed E-state index contributed by atoms with van der Waals surface area (Å²) in [5.74, 6) is -0.820. The molecule has 130 valence electrons. The van der Waals surface area contributed by atoms with Crippen LogP contribution in [0, 0.1) is 5.92 Å². The summed E-state index contributed by atoms with van der Waals surface area (Å²) in [6.45, 7) is 3.84. The molecule has 1 saturated carbocycles. The average molecular weight is 347 g/mol. The first-order valence-electron chi connectivity index (χ1n) is 7.84. The number of hydrogen-bond acceptors (Lipinski definition) is 3. The number of carbonyl (C=O) groups is 1. The summed E-state index contributed by atoms with van der Waals surface area (Å²) in [5, 5.41) is 0. The molecule has 1 aromatic carbocycles. The van der Waals surface area contributed by atoms with Gasteiger partial charge in [-0.05, 0) is 48.6 Å². The maximum absolute atomic E-state index is 12.8. The molecule has 2 aromatic rings. The fraction of sp³-hybridized carbons (Fsp3) is 0.263. The van der Waals surface area contributed by atoms with Crippen molar-refractivity contribution in [3.63, 3.8) is 0 Å². The zero-order valence-electron chi connectivity index (χ0n) is 13.3. The zero-order valence-corrected chi connectivity index (χ0v) is 13.3. The van der Waals surface area contributed by atoms with Gasteiger partial charge in [-0.2, -0.15) is 13.2 Å². The number of alkyl halides is 3. The number of esters is 1. The van der Waals surface area contributed by atoms with Gasteiger partial charge in [0.25, 0.3) is 0 Å². The Hall–Kier alpha value is -2.63. The Morgan fingerprint density at radius 3 is 2.60 bits per heavy atom. The number of ether oxygens (including phenoxy) is 1. The highest BCUT2D eigenvalue weighted by Crippen LogP contribution is 2.46. The minimum atomic E-state index is -4.49. The largest absolute Gasteiger partial charge is 0.423 e. The summed E-state index contributed by atoms with van der Waals surface area (Å²) < 4.78 is 43.4. The van der Waals surface area contributed by atoms with E-state index in [0.29, 0.717) is 0 Å². The van der Waals surface area contributed by atoms with Gasteiger partial charge in [0.15, 0.2) is 0 Å². The van der Waals surface area contributed by atoms with E-state index in [-0.39, 0.29) is 23.2 Å². The quantitative estimate of drug-likeness (QED) is 0.445. The van der Waals surface area contributed by atoms with Crippen LogP contribution in [0.25, 0.3) is 0 Å². The molecule has 3 nitrogen and oxygen atoms in total. The van der Waals surface area contributed by atoms with E-state index in [9.17, 15) is 18.0 Å². The van der Waals surface area contributed by atoms with Crippen molar-refractivity contribution in [2.75, 3.05) is 0 Å². The first-order chi connectivity index (χ1) is 11.9. The van der Waals surface area contributed by atoms with Crippen molar-refractivity contribution in [2.45, 2.75) is 24.9 Å². The molecule has 1 aromatic heterocycles. The van der Waals surface area contributed by atoms with E-state index in [1.165, 1.54) is 12.1 Å². The van der Waals surface area contributed by atoms with Crippen molar-refractivity contribution >= 4 is 5.97 Å². The van der Waals surface area contributed by atoms with Gasteiger partial charge < -0.3 is 4.74 Å². The first-order valence-corrected chi connectivity index (χ1v) is 7.84. The summed E-state index contributed by atoms with van der Waals surface area (Å²) in [6.07, 6.45) is 0.749. The Morgan fingerprint density at radius 1 is 1.24 bits per heavy atom. The summed E-state index contributed by atoms with van der Waals surface area (Å²) in [4.78, 5) is 16.5. The number of rotatable bonds is 5. The highest BCUT2D eigenvalue weighted by atomic mass is 19.4. The van der Waals surface area contributed by atoms with E-state index in [0.717, 1.165) is 30.5 Å². The number of pyridine rings is 1. The van der Waals surface area contributed by atoms with E-state index in [1.807, 2.05) is 6.07 Å². The second kappa shape index (κ2) is 6.70. The molecule has 1 unspecified atom stereocenters.